The molecule has 0 aromatic heterocycles. The lowest BCUT2D eigenvalue weighted by molar-refractivity contribution is -0.145. The number of nitrogens with zero attached hydrogens (tertiary/aromatic N) is 1. The van der Waals surface area contributed by atoms with Gasteiger partial charge in [-0.15, -0.1) is 0 Å². The molecule has 1 saturated heterocycles. The summed E-state index contributed by atoms with van der Waals surface area (Å²) < 4.78 is 5.20. The molecule has 1 aliphatic rings. The van der Waals surface area contributed by atoms with Crippen LogP contribution in [0.3, 0.4) is 0 Å². The van der Waals surface area contributed by atoms with Crippen LogP contribution in [0.5, 0.6) is 0 Å². The molecule has 3 rings (SSSR count). The third-order valence-corrected chi connectivity index (χ3v) is 5.99. The van der Waals surface area contributed by atoms with Crippen LogP contribution in [0, 0.1) is 0 Å². The van der Waals surface area contributed by atoms with Gasteiger partial charge in [-0.3, -0.25) is 14.4 Å². The van der Waals surface area contributed by atoms with E-state index in [9.17, 15) is 14.4 Å². The van der Waals surface area contributed by atoms with Gasteiger partial charge in [-0.05, 0) is 61.7 Å². The molecule has 1 fully saturated rings. The van der Waals surface area contributed by atoms with Gasteiger partial charge in [0.1, 0.15) is 0 Å². The summed E-state index contributed by atoms with van der Waals surface area (Å²) >= 11 is 5.22. The fourth-order valence-corrected chi connectivity index (χ4v) is 4.16. The minimum Gasteiger partial charge on any atom is -0.466 e. The molecule has 0 aliphatic carbocycles. The predicted octanol–water partition coefficient (Wildman–Crippen LogP) is 4.47. The molecule has 0 atom stereocenters. The second-order valence-electron chi connectivity index (χ2n) is 8.60. The number of rotatable bonds is 9. The molecule has 0 radical (unpaired) electrons. The van der Waals surface area contributed by atoms with E-state index >= 15 is 0 Å². The van der Waals surface area contributed by atoms with Crippen LogP contribution in [-0.2, 0) is 20.7 Å². The molecule has 0 bridgehead atoms. The Kier molecular flexibility index (Phi) is 10.7. The molecule has 8 heteroatoms. The number of likely N-dealkylation sites (tertiary alicyclic amines) is 1. The van der Waals surface area contributed by atoms with Crippen LogP contribution >= 0.6 is 12.2 Å². The van der Waals surface area contributed by atoms with Crippen LogP contribution in [-0.4, -0.2) is 47.5 Å². The zero-order valence-corrected chi connectivity index (χ0v) is 20.8. The summed E-state index contributed by atoms with van der Waals surface area (Å²) in [6, 6.07) is 17.1. The third kappa shape index (κ3) is 9.48. The number of aryl methyl sites for hydroxylation is 1. The average molecular weight is 496 g/mol. The van der Waals surface area contributed by atoms with Crippen molar-refractivity contribution in [3.8, 4) is 0 Å². The number of hydrogen-bond acceptors (Lipinski definition) is 5. The number of amides is 2. The maximum absolute atomic E-state index is 12.8. The zero-order valence-electron chi connectivity index (χ0n) is 20.0. The van der Waals surface area contributed by atoms with E-state index in [1.54, 1.807) is 24.3 Å². The summed E-state index contributed by atoms with van der Waals surface area (Å²) in [5.74, 6) is -0.778. The number of carbonyl (C=O) groups excluding carboxylic acids is 3. The van der Waals surface area contributed by atoms with Crippen molar-refractivity contribution in [2.24, 2.45) is 0 Å². The summed E-state index contributed by atoms with van der Waals surface area (Å²) in [6.45, 7) is 1.88. The molecule has 2 N–H and O–H groups in total. The molecule has 0 spiro atoms. The molecular weight excluding hydrogens is 462 g/mol. The molecule has 1 aliphatic heterocycles. The van der Waals surface area contributed by atoms with Crippen molar-refractivity contribution < 1.29 is 19.1 Å². The number of ether oxygens (including phenoxy) is 1. The second kappa shape index (κ2) is 14.2. The topological polar surface area (TPSA) is 87.7 Å². The molecule has 2 aromatic carbocycles. The minimum absolute atomic E-state index is 0.00721. The summed E-state index contributed by atoms with van der Waals surface area (Å²) in [5, 5.41) is 5.63. The quantitative estimate of drug-likeness (QED) is 0.303. The Morgan fingerprint density at radius 1 is 0.914 bits per heavy atom. The number of esters is 1. The van der Waals surface area contributed by atoms with Crippen LogP contribution in [0.15, 0.2) is 54.6 Å². The first-order valence-corrected chi connectivity index (χ1v) is 12.6. The van der Waals surface area contributed by atoms with Gasteiger partial charge in [0.2, 0.25) is 5.91 Å². The van der Waals surface area contributed by atoms with Crippen molar-refractivity contribution in [1.29, 1.82) is 0 Å². The van der Waals surface area contributed by atoms with E-state index in [-0.39, 0.29) is 29.8 Å². The summed E-state index contributed by atoms with van der Waals surface area (Å²) in [5.41, 5.74) is 2.40. The molecular formula is C27H33N3O4S. The van der Waals surface area contributed by atoms with Crippen molar-refractivity contribution in [2.75, 3.05) is 25.0 Å². The highest BCUT2D eigenvalue weighted by atomic mass is 32.1. The monoisotopic (exact) mass is 495 g/mol. The second-order valence-corrected chi connectivity index (χ2v) is 9.01. The minimum atomic E-state index is -0.410. The van der Waals surface area contributed by atoms with Crippen molar-refractivity contribution >= 4 is 40.8 Å². The van der Waals surface area contributed by atoms with Crippen molar-refractivity contribution in [3.05, 3.63) is 65.7 Å². The molecule has 35 heavy (non-hydrogen) atoms. The highest BCUT2D eigenvalue weighted by Gasteiger charge is 2.17. The Hall–Kier alpha value is -3.26. The molecule has 2 amide bonds. The van der Waals surface area contributed by atoms with Crippen LogP contribution < -0.4 is 10.6 Å². The molecule has 0 saturated carbocycles. The van der Waals surface area contributed by atoms with Gasteiger partial charge in [0.25, 0.3) is 5.91 Å². The number of anilines is 1. The van der Waals surface area contributed by atoms with E-state index in [4.69, 9.17) is 17.0 Å². The SMILES string of the molecule is O=C(CCC(=O)OCCCc1ccccc1)NC(=S)Nc1cccc(C(=O)N2CCCCCC2)c1. The number of carbonyl (C=O) groups is 3. The summed E-state index contributed by atoms with van der Waals surface area (Å²) in [6.07, 6.45) is 5.90. The average Bonchev–Trinajstić information content (AvgIpc) is 3.15. The number of thiocarbonyl (C=S) groups is 1. The number of nitrogens with one attached hydrogen (secondary N) is 2. The Morgan fingerprint density at radius 2 is 1.66 bits per heavy atom. The number of benzene rings is 2. The highest BCUT2D eigenvalue weighted by molar-refractivity contribution is 7.80. The van der Waals surface area contributed by atoms with Gasteiger partial charge >= 0.3 is 5.97 Å². The maximum atomic E-state index is 12.8. The zero-order chi connectivity index (χ0) is 24.9. The predicted molar refractivity (Wildman–Crippen MR) is 140 cm³/mol. The van der Waals surface area contributed by atoms with E-state index < -0.39 is 5.97 Å². The van der Waals surface area contributed by atoms with E-state index in [0.29, 0.717) is 17.9 Å². The highest BCUT2D eigenvalue weighted by Crippen LogP contribution is 2.16. The van der Waals surface area contributed by atoms with Crippen LogP contribution in [0.2, 0.25) is 0 Å². The van der Waals surface area contributed by atoms with Gasteiger partial charge in [-0.2, -0.15) is 0 Å². The first-order chi connectivity index (χ1) is 17.0. The Morgan fingerprint density at radius 3 is 2.40 bits per heavy atom. The summed E-state index contributed by atoms with van der Waals surface area (Å²) in [7, 11) is 0. The maximum Gasteiger partial charge on any atom is 0.306 e. The van der Waals surface area contributed by atoms with E-state index in [1.807, 2.05) is 35.2 Å². The fourth-order valence-electron chi connectivity index (χ4n) is 3.93. The normalized spacial score (nSPS) is 13.4. The molecule has 0 unspecified atom stereocenters. The fraction of sp³-hybridized carbons (Fsp3) is 0.407. The molecule has 1 heterocycles. The van der Waals surface area contributed by atoms with Gasteiger partial charge < -0.3 is 20.3 Å². The molecule has 7 nitrogen and oxygen atoms in total. The lowest BCUT2D eigenvalue weighted by Crippen LogP contribution is -2.34. The Balaban J connectivity index is 1.35. The number of hydrogen-bond donors (Lipinski definition) is 2. The van der Waals surface area contributed by atoms with E-state index in [1.165, 1.54) is 5.56 Å². The molecule has 186 valence electrons. The largest absolute Gasteiger partial charge is 0.466 e. The Labute approximate surface area is 212 Å². The van der Waals surface area contributed by atoms with Gasteiger partial charge in [-0.25, -0.2) is 0 Å². The van der Waals surface area contributed by atoms with Gasteiger partial charge in [0, 0.05) is 30.8 Å². The third-order valence-electron chi connectivity index (χ3n) is 5.79. The molecule has 2 aromatic rings. The lowest BCUT2D eigenvalue weighted by atomic mass is 10.1. The van der Waals surface area contributed by atoms with E-state index in [0.717, 1.165) is 51.6 Å². The first kappa shape index (κ1) is 26.3. The van der Waals surface area contributed by atoms with Gasteiger partial charge in [0.15, 0.2) is 5.11 Å². The smallest absolute Gasteiger partial charge is 0.306 e. The standard InChI is InChI=1S/C27H33N3O4S/c31-24(15-16-25(32)34-19-9-12-21-10-4-3-5-11-21)29-27(35)28-23-14-8-13-22(20-23)26(33)30-17-6-1-2-7-18-30/h3-5,8,10-11,13-14,20H,1-2,6-7,9,12,15-19H2,(H2,28,29,31,35). The first-order valence-electron chi connectivity index (χ1n) is 12.2. The van der Waals surface area contributed by atoms with Crippen LogP contribution in [0.4, 0.5) is 5.69 Å². The van der Waals surface area contributed by atoms with Gasteiger partial charge in [-0.1, -0.05) is 49.2 Å². The van der Waals surface area contributed by atoms with Crippen molar-refractivity contribution in [3.63, 3.8) is 0 Å². The van der Waals surface area contributed by atoms with Crippen molar-refractivity contribution in [2.45, 2.75) is 51.4 Å². The van der Waals surface area contributed by atoms with Crippen LogP contribution in [0.1, 0.15) is 60.9 Å². The van der Waals surface area contributed by atoms with Gasteiger partial charge in [0.05, 0.1) is 13.0 Å². The van der Waals surface area contributed by atoms with E-state index in [2.05, 4.69) is 10.6 Å². The van der Waals surface area contributed by atoms with Crippen molar-refractivity contribution in [1.82, 2.24) is 10.2 Å². The van der Waals surface area contributed by atoms with Crippen LogP contribution in [0.25, 0.3) is 0 Å². The Bertz CT molecular complexity index is 1000. The lowest BCUT2D eigenvalue weighted by Gasteiger charge is -2.20. The summed E-state index contributed by atoms with van der Waals surface area (Å²) in [4.78, 5) is 38.8.